The van der Waals surface area contributed by atoms with Gasteiger partial charge in [-0.3, -0.25) is 9.69 Å². The van der Waals surface area contributed by atoms with Gasteiger partial charge in [0.15, 0.2) is 11.2 Å². The number of rotatable bonds is 3. The van der Waals surface area contributed by atoms with Gasteiger partial charge in [0, 0.05) is 23.0 Å². The Morgan fingerprint density at radius 2 is 2.04 bits per heavy atom. The standard InChI is InChI=1S/C18H14Cl2N2O2S/c1-2-22(18-21-13-9-12(20)4-6-16(13)25-18)17(23)15-8-10-7-11(19)3-5-14(10)24-15/h3-7,9,15H,2,8H2,1H3. The van der Waals surface area contributed by atoms with Crippen LogP contribution in [0.2, 0.25) is 10.0 Å². The fraction of sp³-hybridized carbons (Fsp3) is 0.222. The predicted molar refractivity (Wildman–Crippen MR) is 102 cm³/mol. The van der Waals surface area contributed by atoms with Crippen molar-refractivity contribution in [2.75, 3.05) is 11.4 Å². The van der Waals surface area contributed by atoms with Crippen molar-refractivity contribution >= 4 is 55.8 Å². The van der Waals surface area contributed by atoms with Crippen molar-refractivity contribution in [3.05, 3.63) is 52.0 Å². The second-order valence-corrected chi connectivity index (χ2v) is 7.64. The zero-order valence-electron chi connectivity index (χ0n) is 13.3. The number of fused-ring (bicyclic) bond motifs is 2. The molecule has 1 aliphatic heterocycles. The van der Waals surface area contributed by atoms with Crippen molar-refractivity contribution in [3.8, 4) is 5.75 Å². The first-order valence-corrected chi connectivity index (χ1v) is 9.45. The fourth-order valence-electron chi connectivity index (χ4n) is 2.92. The normalized spacial score (nSPS) is 15.9. The van der Waals surface area contributed by atoms with Crippen LogP contribution in [-0.4, -0.2) is 23.5 Å². The summed E-state index contributed by atoms with van der Waals surface area (Å²) in [6.07, 6.45) is -0.0360. The van der Waals surface area contributed by atoms with Crippen LogP contribution in [0.5, 0.6) is 5.75 Å². The molecule has 0 bridgehead atoms. The second kappa shape index (κ2) is 6.48. The summed E-state index contributed by atoms with van der Waals surface area (Å²) in [6.45, 7) is 2.44. The smallest absolute Gasteiger partial charge is 0.270 e. The first-order chi connectivity index (χ1) is 12.0. The van der Waals surface area contributed by atoms with Crippen LogP contribution in [0.4, 0.5) is 5.13 Å². The van der Waals surface area contributed by atoms with Crippen LogP contribution in [0.15, 0.2) is 36.4 Å². The molecule has 1 amide bonds. The number of aromatic nitrogens is 1. The van der Waals surface area contributed by atoms with Gasteiger partial charge in [-0.2, -0.15) is 0 Å². The monoisotopic (exact) mass is 392 g/mol. The van der Waals surface area contributed by atoms with Gasteiger partial charge < -0.3 is 4.74 Å². The van der Waals surface area contributed by atoms with Crippen molar-refractivity contribution in [2.24, 2.45) is 0 Å². The van der Waals surface area contributed by atoms with Crippen molar-refractivity contribution in [2.45, 2.75) is 19.4 Å². The lowest BCUT2D eigenvalue weighted by Gasteiger charge is -2.21. The topological polar surface area (TPSA) is 42.4 Å². The molecule has 25 heavy (non-hydrogen) atoms. The molecule has 0 saturated carbocycles. The minimum absolute atomic E-state index is 0.0972. The van der Waals surface area contributed by atoms with Gasteiger partial charge in [-0.05, 0) is 48.9 Å². The lowest BCUT2D eigenvalue weighted by Crippen LogP contribution is -2.41. The average Bonchev–Trinajstić information content (AvgIpc) is 3.18. The summed E-state index contributed by atoms with van der Waals surface area (Å²) >= 11 is 13.5. The van der Waals surface area contributed by atoms with E-state index in [-0.39, 0.29) is 5.91 Å². The summed E-state index contributed by atoms with van der Waals surface area (Å²) in [4.78, 5) is 19.2. The number of halogens is 2. The van der Waals surface area contributed by atoms with Gasteiger partial charge in [0.05, 0.1) is 10.2 Å². The molecule has 0 radical (unpaired) electrons. The highest BCUT2D eigenvalue weighted by molar-refractivity contribution is 7.22. The highest BCUT2D eigenvalue weighted by Crippen LogP contribution is 2.34. The first-order valence-electron chi connectivity index (χ1n) is 7.87. The van der Waals surface area contributed by atoms with E-state index in [1.807, 2.05) is 25.1 Å². The summed E-state index contributed by atoms with van der Waals surface area (Å²) in [6, 6.07) is 11.0. The van der Waals surface area contributed by atoms with Crippen LogP contribution in [0.25, 0.3) is 10.2 Å². The lowest BCUT2D eigenvalue weighted by atomic mass is 10.1. The molecule has 1 unspecified atom stereocenters. The summed E-state index contributed by atoms with van der Waals surface area (Å²) in [7, 11) is 0. The Labute approximate surface area is 158 Å². The minimum atomic E-state index is -0.552. The molecule has 0 fully saturated rings. The number of benzene rings is 2. The van der Waals surface area contributed by atoms with E-state index < -0.39 is 6.10 Å². The van der Waals surface area contributed by atoms with E-state index in [2.05, 4.69) is 4.98 Å². The zero-order valence-corrected chi connectivity index (χ0v) is 15.7. The molecule has 1 aliphatic rings. The maximum absolute atomic E-state index is 13.0. The van der Waals surface area contributed by atoms with Gasteiger partial charge in [0.1, 0.15) is 5.75 Å². The van der Waals surface area contributed by atoms with Crippen molar-refractivity contribution in [1.29, 1.82) is 0 Å². The Kier molecular flexibility index (Phi) is 4.31. The van der Waals surface area contributed by atoms with Crippen molar-refractivity contribution in [3.63, 3.8) is 0 Å². The molecule has 0 spiro atoms. The highest BCUT2D eigenvalue weighted by Gasteiger charge is 2.33. The van der Waals surface area contributed by atoms with Crippen molar-refractivity contribution in [1.82, 2.24) is 4.98 Å². The van der Waals surface area contributed by atoms with Gasteiger partial charge in [0.25, 0.3) is 5.91 Å². The largest absolute Gasteiger partial charge is 0.480 e. The number of hydrogen-bond donors (Lipinski definition) is 0. The second-order valence-electron chi connectivity index (χ2n) is 5.75. The number of thiazole rings is 1. The number of nitrogens with zero attached hydrogens (tertiary/aromatic N) is 2. The highest BCUT2D eigenvalue weighted by atomic mass is 35.5. The molecule has 1 aromatic heterocycles. The third-order valence-corrected chi connectivity index (χ3v) is 5.65. The van der Waals surface area contributed by atoms with E-state index in [1.54, 1.807) is 23.1 Å². The zero-order chi connectivity index (χ0) is 17.6. The van der Waals surface area contributed by atoms with E-state index >= 15 is 0 Å². The quantitative estimate of drug-likeness (QED) is 0.632. The molecule has 7 heteroatoms. The number of hydrogen-bond acceptors (Lipinski definition) is 4. The number of amides is 1. The summed E-state index contributed by atoms with van der Waals surface area (Å²) < 4.78 is 6.82. The summed E-state index contributed by atoms with van der Waals surface area (Å²) in [5, 5.41) is 1.93. The van der Waals surface area contributed by atoms with Gasteiger partial charge in [-0.1, -0.05) is 34.5 Å². The van der Waals surface area contributed by atoms with Crippen molar-refractivity contribution < 1.29 is 9.53 Å². The molecule has 0 saturated heterocycles. The molecule has 128 valence electrons. The van der Waals surface area contributed by atoms with Crippen LogP contribution < -0.4 is 9.64 Å². The Balaban J connectivity index is 1.61. The Morgan fingerprint density at radius 1 is 1.28 bits per heavy atom. The number of likely N-dealkylation sites (N-methyl/N-ethyl adjacent to an activating group) is 1. The van der Waals surface area contributed by atoms with Gasteiger partial charge in [-0.15, -0.1) is 0 Å². The third-order valence-electron chi connectivity index (χ3n) is 4.12. The van der Waals surface area contributed by atoms with Gasteiger partial charge in [-0.25, -0.2) is 4.98 Å². The number of carbonyl (C=O) groups excluding carboxylic acids is 1. The lowest BCUT2D eigenvalue weighted by molar-refractivity contribution is -0.124. The maximum Gasteiger partial charge on any atom is 0.270 e. The number of carbonyl (C=O) groups is 1. The van der Waals surface area contributed by atoms with E-state index in [1.165, 1.54) is 11.3 Å². The summed E-state index contributed by atoms with van der Waals surface area (Å²) in [5.41, 5.74) is 1.75. The van der Waals surface area contributed by atoms with Crippen LogP contribution in [-0.2, 0) is 11.2 Å². The molecular weight excluding hydrogens is 379 g/mol. The molecular formula is C18H14Cl2N2O2S. The molecule has 3 aromatic rings. The van der Waals surface area contributed by atoms with Gasteiger partial charge >= 0.3 is 0 Å². The number of anilines is 1. The third kappa shape index (κ3) is 3.08. The summed E-state index contributed by atoms with van der Waals surface area (Å²) in [5.74, 6) is 0.620. The minimum Gasteiger partial charge on any atom is -0.480 e. The van der Waals surface area contributed by atoms with Crippen LogP contribution in [0, 0.1) is 0 Å². The van der Waals surface area contributed by atoms with E-state index in [9.17, 15) is 4.79 Å². The fourth-order valence-corrected chi connectivity index (χ4v) is 4.29. The Bertz CT molecular complexity index is 973. The first kappa shape index (κ1) is 16.6. The SMILES string of the molecule is CCN(C(=O)C1Cc2cc(Cl)ccc2O1)c1nc2cc(Cl)ccc2s1. The molecule has 2 aromatic carbocycles. The van der Waals surface area contributed by atoms with E-state index in [0.717, 1.165) is 21.5 Å². The van der Waals surface area contributed by atoms with E-state index in [4.69, 9.17) is 27.9 Å². The van der Waals surface area contributed by atoms with E-state index in [0.29, 0.717) is 28.1 Å². The Morgan fingerprint density at radius 3 is 2.84 bits per heavy atom. The Hall–Kier alpha value is -1.82. The molecule has 4 rings (SSSR count). The average molecular weight is 393 g/mol. The van der Waals surface area contributed by atoms with Crippen LogP contribution in [0.3, 0.4) is 0 Å². The number of ether oxygens (including phenoxy) is 1. The molecule has 0 N–H and O–H groups in total. The van der Waals surface area contributed by atoms with Gasteiger partial charge in [0.2, 0.25) is 0 Å². The van der Waals surface area contributed by atoms with Crippen LogP contribution >= 0.6 is 34.5 Å². The molecule has 0 aliphatic carbocycles. The predicted octanol–water partition coefficient (Wildman–Crippen LogP) is 4.96. The van der Waals surface area contributed by atoms with Crippen LogP contribution in [0.1, 0.15) is 12.5 Å². The molecule has 1 atom stereocenters. The maximum atomic E-state index is 13.0. The molecule has 4 nitrogen and oxygen atoms in total. The molecule has 2 heterocycles.